The van der Waals surface area contributed by atoms with Gasteiger partial charge in [0, 0.05) is 6.20 Å². The maximum absolute atomic E-state index is 12.6. The summed E-state index contributed by atoms with van der Waals surface area (Å²) in [4.78, 5) is 23.0. The van der Waals surface area contributed by atoms with Crippen molar-refractivity contribution in [3.05, 3.63) is 42.4 Å². The standard InChI is InChI=1S/C18H17N5O/c24-16-9-12-5-1-4-8-15(12)23(16)18-14-10-22(13-6-2-3-7-13)21-17(14)19-11-20-18/h1,4-5,8,10-11,13H,2-3,6-7,9H2. The van der Waals surface area contributed by atoms with Crippen molar-refractivity contribution >= 4 is 28.4 Å². The average molecular weight is 319 g/mol. The van der Waals surface area contributed by atoms with Gasteiger partial charge in [0.1, 0.15) is 6.33 Å². The third kappa shape index (κ3) is 1.95. The van der Waals surface area contributed by atoms with Crippen LogP contribution in [0.15, 0.2) is 36.8 Å². The molecule has 24 heavy (non-hydrogen) atoms. The Bertz CT molecular complexity index is 941. The summed E-state index contributed by atoms with van der Waals surface area (Å²) in [6, 6.07) is 8.31. The maximum atomic E-state index is 12.6. The molecule has 0 atom stereocenters. The van der Waals surface area contributed by atoms with Crippen molar-refractivity contribution in [2.45, 2.75) is 38.1 Å². The molecule has 120 valence electrons. The number of carbonyl (C=O) groups is 1. The highest BCUT2D eigenvalue weighted by molar-refractivity contribution is 6.10. The van der Waals surface area contributed by atoms with E-state index in [9.17, 15) is 4.79 Å². The molecule has 0 radical (unpaired) electrons. The zero-order valence-electron chi connectivity index (χ0n) is 13.2. The molecular weight excluding hydrogens is 302 g/mol. The first-order valence-corrected chi connectivity index (χ1v) is 8.42. The Balaban J connectivity index is 1.66. The van der Waals surface area contributed by atoms with Crippen molar-refractivity contribution in [2.75, 3.05) is 4.90 Å². The highest BCUT2D eigenvalue weighted by Gasteiger charge is 2.31. The van der Waals surface area contributed by atoms with Crippen LogP contribution >= 0.6 is 0 Å². The van der Waals surface area contributed by atoms with Gasteiger partial charge >= 0.3 is 0 Å². The predicted octanol–water partition coefficient (Wildman–Crippen LogP) is 3.16. The highest BCUT2D eigenvalue weighted by atomic mass is 16.2. The molecule has 1 aliphatic heterocycles. The van der Waals surface area contributed by atoms with Crippen LogP contribution in [0.4, 0.5) is 11.5 Å². The van der Waals surface area contributed by atoms with Crippen LogP contribution in [-0.2, 0) is 11.2 Å². The summed E-state index contributed by atoms with van der Waals surface area (Å²) >= 11 is 0. The third-order valence-electron chi connectivity index (χ3n) is 5.05. The summed E-state index contributed by atoms with van der Waals surface area (Å²) in [5.41, 5.74) is 2.61. The van der Waals surface area contributed by atoms with Gasteiger partial charge in [-0.1, -0.05) is 31.0 Å². The molecule has 0 bridgehead atoms. The van der Waals surface area contributed by atoms with Crippen LogP contribution in [0.25, 0.3) is 11.0 Å². The number of hydrogen-bond donors (Lipinski definition) is 0. The lowest BCUT2D eigenvalue weighted by atomic mass is 10.2. The van der Waals surface area contributed by atoms with Crippen molar-refractivity contribution in [1.29, 1.82) is 0 Å². The van der Waals surface area contributed by atoms with E-state index < -0.39 is 0 Å². The highest BCUT2D eigenvalue weighted by Crippen LogP contribution is 2.37. The predicted molar refractivity (Wildman–Crippen MR) is 90.1 cm³/mol. The van der Waals surface area contributed by atoms with Crippen molar-refractivity contribution < 1.29 is 4.79 Å². The minimum absolute atomic E-state index is 0.0461. The molecule has 6 heteroatoms. The van der Waals surface area contributed by atoms with E-state index in [4.69, 9.17) is 0 Å². The Kier molecular flexibility index (Phi) is 2.92. The minimum Gasteiger partial charge on any atom is -0.274 e. The van der Waals surface area contributed by atoms with Gasteiger partial charge in [0.2, 0.25) is 5.91 Å². The van der Waals surface area contributed by atoms with E-state index in [1.807, 2.05) is 35.1 Å². The number of nitrogens with zero attached hydrogens (tertiary/aromatic N) is 5. The van der Waals surface area contributed by atoms with E-state index in [1.54, 1.807) is 4.90 Å². The van der Waals surface area contributed by atoms with Crippen LogP contribution in [0.5, 0.6) is 0 Å². The quantitative estimate of drug-likeness (QED) is 0.728. The van der Waals surface area contributed by atoms with E-state index in [0.717, 1.165) is 29.5 Å². The van der Waals surface area contributed by atoms with Gasteiger partial charge in [-0.05, 0) is 24.5 Å². The lowest BCUT2D eigenvalue weighted by Crippen LogP contribution is -2.22. The Labute approximate surface area is 139 Å². The molecule has 5 rings (SSSR count). The van der Waals surface area contributed by atoms with Crippen molar-refractivity contribution in [2.24, 2.45) is 0 Å². The molecular formula is C18H17N5O. The summed E-state index contributed by atoms with van der Waals surface area (Å²) in [6.45, 7) is 0. The van der Waals surface area contributed by atoms with E-state index in [1.165, 1.54) is 19.2 Å². The van der Waals surface area contributed by atoms with Gasteiger partial charge in [0.05, 0.1) is 23.5 Å². The van der Waals surface area contributed by atoms with Gasteiger partial charge in [0.15, 0.2) is 11.5 Å². The topological polar surface area (TPSA) is 63.9 Å². The van der Waals surface area contributed by atoms with Gasteiger partial charge in [-0.2, -0.15) is 5.10 Å². The first-order chi connectivity index (χ1) is 11.8. The van der Waals surface area contributed by atoms with Crippen LogP contribution in [0.1, 0.15) is 37.3 Å². The lowest BCUT2D eigenvalue weighted by Gasteiger charge is -2.16. The fourth-order valence-corrected chi connectivity index (χ4v) is 3.86. The third-order valence-corrected chi connectivity index (χ3v) is 5.05. The maximum Gasteiger partial charge on any atom is 0.237 e. The van der Waals surface area contributed by atoms with Gasteiger partial charge in [-0.3, -0.25) is 14.4 Å². The monoisotopic (exact) mass is 319 g/mol. The number of hydrogen-bond acceptors (Lipinski definition) is 4. The SMILES string of the molecule is O=C1Cc2ccccc2N1c1ncnc2nn(C3CCCC3)cc12. The van der Waals surface area contributed by atoms with Gasteiger partial charge in [0.25, 0.3) is 0 Å². The number of amides is 1. The second-order valence-electron chi connectivity index (χ2n) is 6.52. The van der Waals surface area contributed by atoms with Crippen LogP contribution in [-0.4, -0.2) is 25.7 Å². The molecule has 3 aromatic rings. The summed E-state index contributed by atoms with van der Waals surface area (Å²) in [6.07, 6.45) is 8.73. The molecule has 1 saturated carbocycles. The zero-order chi connectivity index (χ0) is 16.1. The van der Waals surface area contributed by atoms with Gasteiger partial charge in [-0.25, -0.2) is 9.97 Å². The molecule has 1 aromatic carbocycles. The normalized spacial score (nSPS) is 17.8. The van der Waals surface area contributed by atoms with E-state index in [2.05, 4.69) is 15.1 Å². The molecule has 1 fully saturated rings. The van der Waals surface area contributed by atoms with Crippen molar-refractivity contribution in [3.63, 3.8) is 0 Å². The number of carbonyl (C=O) groups excluding carboxylic acids is 1. The smallest absolute Gasteiger partial charge is 0.237 e. The Hall–Kier alpha value is -2.76. The Morgan fingerprint density at radius 3 is 2.79 bits per heavy atom. The number of anilines is 2. The summed E-state index contributed by atoms with van der Waals surface area (Å²) in [5, 5.41) is 5.48. The number of benzene rings is 1. The van der Waals surface area contributed by atoms with Crippen LogP contribution in [0.2, 0.25) is 0 Å². The number of rotatable bonds is 2. The molecule has 2 aromatic heterocycles. The lowest BCUT2D eigenvalue weighted by molar-refractivity contribution is -0.116. The second kappa shape index (κ2) is 5.12. The van der Waals surface area contributed by atoms with E-state index in [0.29, 0.717) is 23.9 Å². The number of fused-ring (bicyclic) bond motifs is 2. The van der Waals surface area contributed by atoms with Crippen molar-refractivity contribution in [3.8, 4) is 0 Å². The van der Waals surface area contributed by atoms with Crippen LogP contribution in [0, 0.1) is 0 Å². The Morgan fingerprint density at radius 1 is 1.08 bits per heavy atom. The first kappa shape index (κ1) is 13.7. The molecule has 1 aliphatic carbocycles. The first-order valence-electron chi connectivity index (χ1n) is 8.42. The summed E-state index contributed by atoms with van der Waals surface area (Å²) in [5.74, 6) is 0.684. The van der Waals surface area contributed by atoms with Crippen molar-refractivity contribution in [1.82, 2.24) is 19.7 Å². The molecule has 0 spiro atoms. The average Bonchev–Trinajstić information content (AvgIpc) is 3.31. The molecule has 2 aliphatic rings. The number of aromatic nitrogens is 4. The summed E-state index contributed by atoms with van der Waals surface area (Å²) < 4.78 is 2.02. The second-order valence-corrected chi connectivity index (χ2v) is 6.52. The fourth-order valence-electron chi connectivity index (χ4n) is 3.86. The largest absolute Gasteiger partial charge is 0.274 e. The van der Waals surface area contributed by atoms with Gasteiger partial charge in [-0.15, -0.1) is 0 Å². The number of para-hydroxylation sites is 1. The zero-order valence-corrected chi connectivity index (χ0v) is 13.2. The molecule has 3 heterocycles. The Morgan fingerprint density at radius 2 is 1.92 bits per heavy atom. The van der Waals surface area contributed by atoms with Crippen LogP contribution in [0.3, 0.4) is 0 Å². The minimum atomic E-state index is 0.0461. The molecule has 0 N–H and O–H groups in total. The van der Waals surface area contributed by atoms with Gasteiger partial charge < -0.3 is 0 Å². The fraction of sp³-hybridized carbons (Fsp3) is 0.333. The molecule has 0 unspecified atom stereocenters. The molecule has 0 saturated heterocycles. The molecule has 6 nitrogen and oxygen atoms in total. The van der Waals surface area contributed by atoms with Crippen LogP contribution < -0.4 is 4.90 Å². The summed E-state index contributed by atoms with van der Waals surface area (Å²) in [7, 11) is 0. The molecule has 1 amide bonds. The van der Waals surface area contributed by atoms with E-state index >= 15 is 0 Å². The van der Waals surface area contributed by atoms with E-state index in [-0.39, 0.29) is 5.91 Å².